The number of aliphatic hydroxyl groups is 2. The van der Waals surface area contributed by atoms with Crippen LogP contribution < -0.4 is 16.6 Å². The van der Waals surface area contributed by atoms with E-state index in [2.05, 4.69) is 21.2 Å². The first-order chi connectivity index (χ1) is 9.97. The first-order valence-electron chi connectivity index (χ1n) is 6.09. The Morgan fingerprint density at radius 2 is 2.24 bits per heavy atom. The van der Waals surface area contributed by atoms with Gasteiger partial charge in [-0.15, -0.1) is 0 Å². The van der Waals surface area contributed by atoms with Crippen LogP contribution in [0.5, 0.6) is 0 Å². The van der Waals surface area contributed by atoms with Crippen LogP contribution in [0, 0.1) is 0 Å². The molecular weight excluding hydrogens is 350 g/mol. The third-order valence-corrected chi connectivity index (χ3v) is 3.64. The Morgan fingerprint density at radius 1 is 1.52 bits per heavy atom. The zero-order chi connectivity index (χ0) is 15.6. The summed E-state index contributed by atoms with van der Waals surface area (Å²) in [6.45, 7) is -0.446. The van der Waals surface area contributed by atoms with Gasteiger partial charge < -0.3 is 20.3 Å². The average molecular weight is 364 g/mol. The fourth-order valence-corrected chi connectivity index (χ4v) is 2.32. The van der Waals surface area contributed by atoms with Crippen LogP contribution in [0.15, 0.2) is 21.9 Å². The molecule has 2 heterocycles. The molecule has 4 unspecified atom stereocenters. The van der Waals surface area contributed by atoms with Crippen LogP contribution >= 0.6 is 15.9 Å². The standard InChI is InChI=1S/C11H14BrN3O6/c12-3-7(18)13-8-5(4-16)21-10(9(8)19)15-2-1-6(17)14-11(15)20/h1-2,5,8-10,16,19H,3-4H2,(H,13,18)(H,14,17,20). The number of ether oxygens (including phenoxy) is 1. The van der Waals surface area contributed by atoms with Gasteiger partial charge in [0.05, 0.1) is 18.0 Å². The van der Waals surface area contributed by atoms with Crippen molar-refractivity contribution in [1.82, 2.24) is 14.9 Å². The molecule has 0 spiro atoms. The lowest BCUT2D eigenvalue weighted by Gasteiger charge is -2.20. The van der Waals surface area contributed by atoms with Crippen molar-refractivity contribution in [2.75, 3.05) is 11.9 Å². The summed E-state index contributed by atoms with van der Waals surface area (Å²) in [5.74, 6) is -0.393. The number of nitrogens with one attached hydrogen (secondary N) is 2. The van der Waals surface area contributed by atoms with E-state index in [9.17, 15) is 24.6 Å². The van der Waals surface area contributed by atoms with Gasteiger partial charge in [-0.25, -0.2) is 4.79 Å². The molecule has 0 aliphatic carbocycles. The van der Waals surface area contributed by atoms with Gasteiger partial charge in [-0.2, -0.15) is 0 Å². The van der Waals surface area contributed by atoms with Crippen LogP contribution in [-0.2, 0) is 9.53 Å². The molecule has 116 valence electrons. The molecule has 1 aromatic heterocycles. The first-order valence-corrected chi connectivity index (χ1v) is 7.21. The van der Waals surface area contributed by atoms with E-state index in [1.54, 1.807) is 0 Å². The molecule has 4 atom stereocenters. The molecule has 1 saturated heterocycles. The Bertz CT molecular complexity index is 629. The van der Waals surface area contributed by atoms with Crippen LogP contribution in [-0.4, -0.2) is 55.9 Å². The third kappa shape index (κ3) is 3.23. The number of halogens is 1. The first kappa shape index (κ1) is 15.9. The zero-order valence-corrected chi connectivity index (χ0v) is 12.3. The van der Waals surface area contributed by atoms with Gasteiger partial charge in [-0.3, -0.25) is 19.1 Å². The van der Waals surface area contributed by atoms with Gasteiger partial charge in [0.25, 0.3) is 5.56 Å². The van der Waals surface area contributed by atoms with Crippen LogP contribution in [0.2, 0.25) is 0 Å². The van der Waals surface area contributed by atoms with E-state index in [4.69, 9.17) is 4.74 Å². The lowest BCUT2D eigenvalue weighted by molar-refractivity contribution is -0.120. The predicted octanol–water partition coefficient (Wildman–Crippen LogP) is -2.33. The summed E-state index contributed by atoms with van der Waals surface area (Å²) >= 11 is 2.97. The smallest absolute Gasteiger partial charge is 0.330 e. The van der Waals surface area contributed by atoms with Crippen molar-refractivity contribution in [3.05, 3.63) is 33.1 Å². The number of carbonyl (C=O) groups excluding carboxylic acids is 1. The molecule has 1 amide bonds. The molecule has 1 aliphatic heterocycles. The monoisotopic (exact) mass is 363 g/mol. The van der Waals surface area contributed by atoms with E-state index < -0.39 is 48.2 Å². The molecule has 1 aliphatic rings. The molecule has 0 bridgehead atoms. The summed E-state index contributed by atoms with van der Waals surface area (Å²) in [4.78, 5) is 36.2. The minimum absolute atomic E-state index is 0.0254. The number of rotatable bonds is 4. The maximum Gasteiger partial charge on any atom is 0.330 e. The van der Waals surface area contributed by atoms with E-state index in [-0.39, 0.29) is 5.33 Å². The Labute approximate surface area is 126 Å². The number of aromatic amines is 1. The van der Waals surface area contributed by atoms with Crippen LogP contribution in [0.4, 0.5) is 0 Å². The molecule has 2 rings (SSSR count). The maximum atomic E-state index is 11.7. The second-order valence-electron chi connectivity index (χ2n) is 4.48. The molecular formula is C11H14BrN3O6. The molecule has 0 aromatic carbocycles. The highest BCUT2D eigenvalue weighted by molar-refractivity contribution is 9.09. The Morgan fingerprint density at radius 3 is 2.81 bits per heavy atom. The Hall–Kier alpha value is -1.49. The van der Waals surface area contributed by atoms with Gasteiger partial charge in [-0.1, -0.05) is 15.9 Å². The van der Waals surface area contributed by atoms with E-state index in [0.29, 0.717) is 0 Å². The Kier molecular flexibility index (Phi) is 4.93. The van der Waals surface area contributed by atoms with Crippen molar-refractivity contribution >= 4 is 21.8 Å². The van der Waals surface area contributed by atoms with Crippen molar-refractivity contribution < 1.29 is 19.7 Å². The van der Waals surface area contributed by atoms with Crippen LogP contribution in [0.3, 0.4) is 0 Å². The summed E-state index contributed by atoms with van der Waals surface area (Å²) in [6, 6.07) is 0.236. The fraction of sp³-hybridized carbons (Fsp3) is 0.545. The predicted molar refractivity (Wildman–Crippen MR) is 74.0 cm³/mol. The van der Waals surface area contributed by atoms with Gasteiger partial charge in [0.2, 0.25) is 5.91 Å². The van der Waals surface area contributed by atoms with Gasteiger partial charge in [0, 0.05) is 12.3 Å². The highest BCUT2D eigenvalue weighted by Gasteiger charge is 2.45. The Balaban J connectivity index is 2.28. The summed E-state index contributed by atoms with van der Waals surface area (Å²) in [7, 11) is 0. The SMILES string of the molecule is O=C(CBr)NC1C(CO)OC(n2ccc(=O)[nH]c2=O)C1O. The van der Waals surface area contributed by atoms with Gasteiger partial charge >= 0.3 is 5.69 Å². The summed E-state index contributed by atoms with van der Waals surface area (Å²) in [5, 5.41) is 22.0. The number of amides is 1. The number of nitrogens with zero attached hydrogens (tertiary/aromatic N) is 1. The molecule has 9 nitrogen and oxygen atoms in total. The zero-order valence-electron chi connectivity index (χ0n) is 10.7. The molecule has 0 radical (unpaired) electrons. The van der Waals surface area contributed by atoms with Gasteiger partial charge in [0.15, 0.2) is 6.23 Å². The van der Waals surface area contributed by atoms with E-state index in [0.717, 1.165) is 10.6 Å². The number of hydrogen-bond acceptors (Lipinski definition) is 6. The highest BCUT2D eigenvalue weighted by atomic mass is 79.9. The van der Waals surface area contributed by atoms with E-state index >= 15 is 0 Å². The lowest BCUT2D eigenvalue weighted by atomic mass is 10.1. The maximum absolute atomic E-state index is 11.7. The van der Waals surface area contributed by atoms with Crippen molar-refractivity contribution in [1.29, 1.82) is 0 Å². The molecule has 1 aromatic rings. The second-order valence-corrected chi connectivity index (χ2v) is 5.04. The van der Waals surface area contributed by atoms with E-state index in [1.165, 1.54) is 6.20 Å². The summed E-state index contributed by atoms with van der Waals surface area (Å²) < 4.78 is 6.39. The van der Waals surface area contributed by atoms with Gasteiger partial charge in [-0.05, 0) is 0 Å². The van der Waals surface area contributed by atoms with Crippen molar-refractivity contribution in [2.45, 2.75) is 24.5 Å². The third-order valence-electron chi connectivity index (χ3n) is 3.13. The number of aromatic nitrogens is 2. The molecule has 4 N–H and O–H groups in total. The topological polar surface area (TPSA) is 134 Å². The lowest BCUT2D eigenvalue weighted by Crippen LogP contribution is -2.49. The molecule has 0 saturated carbocycles. The van der Waals surface area contributed by atoms with Crippen molar-refractivity contribution in [2.24, 2.45) is 0 Å². The summed E-state index contributed by atoms with van der Waals surface area (Å²) in [6.07, 6.45) is -2.06. The molecule has 1 fully saturated rings. The minimum Gasteiger partial charge on any atom is -0.394 e. The number of carbonyl (C=O) groups is 1. The number of hydrogen-bond donors (Lipinski definition) is 4. The number of aliphatic hydroxyl groups excluding tert-OH is 2. The minimum atomic E-state index is -1.26. The second kappa shape index (κ2) is 6.52. The fourth-order valence-electron chi connectivity index (χ4n) is 2.16. The van der Waals surface area contributed by atoms with Crippen molar-refractivity contribution in [3.8, 4) is 0 Å². The van der Waals surface area contributed by atoms with E-state index in [1.807, 2.05) is 4.98 Å². The average Bonchev–Trinajstić information content (AvgIpc) is 2.76. The van der Waals surface area contributed by atoms with Gasteiger partial charge in [0.1, 0.15) is 12.2 Å². The quantitative estimate of drug-likeness (QED) is 0.443. The normalized spacial score (nSPS) is 28.5. The summed E-state index contributed by atoms with van der Waals surface area (Å²) in [5.41, 5.74) is -1.33. The van der Waals surface area contributed by atoms with Crippen LogP contribution in [0.25, 0.3) is 0 Å². The number of alkyl halides is 1. The largest absolute Gasteiger partial charge is 0.394 e. The van der Waals surface area contributed by atoms with Crippen LogP contribution in [0.1, 0.15) is 6.23 Å². The highest BCUT2D eigenvalue weighted by Crippen LogP contribution is 2.28. The number of H-pyrrole nitrogens is 1. The van der Waals surface area contributed by atoms with Crippen molar-refractivity contribution in [3.63, 3.8) is 0 Å². The molecule has 21 heavy (non-hydrogen) atoms. The molecule has 10 heteroatoms.